The zero-order valence-electron chi connectivity index (χ0n) is 6.83. The predicted octanol–water partition coefficient (Wildman–Crippen LogP) is 3.29. The summed E-state index contributed by atoms with van der Waals surface area (Å²) in [7, 11) is 0. The Hall–Kier alpha value is 0.01000. The van der Waals surface area contributed by atoms with Gasteiger partial charge in [0.25, 0.3) is 0 Å². The molecule has 0 amide bonds. The molecule has 1 aliphatic carbocycles. The van der Waals surface area contributed by atoms with E-state index in [0.717, 1.165) is 11.7 Å². The van der Waals surface area contributed by atoms with Gasteiger partial charge in [0.15, 0.2) is 5.16 Å². The summed E-state index contributed by atoms with van der Waals surface area (Å²) in [6.07, 6.45) is 2.67. The summed E-state index contributed by atoms with van der Waals surface area (Å²) in [5.41, 5.74) is 0. The smallest absolute Gasteiger partial charge is 0.190 e. The van der Waals surface area contributed by atoms with Crippen molar-refractivity contribution >= 4 is 35.0 Å². The molecular weight excluding hydrogens is 227 g/mol. The van der Waals surface area contributed by atoms with Crippen LogP contribution in [0.4, 0.5) is 0 Å². The largest absolute Gasteiger partial charge is 0.211 e. The predicted molar refractivity (Wildman–Crippen MR) is 55.5 cm³/mol. The van der Waals surface area contributed by atoms with E-state index in [1.807, 2.05) is 0 Å². The Balaban J connectivity index is 2.01. The van der Waals surface area contributed by atoms with Gasteiger partial charge in [-0.05, 0) is 18.8 Å². The zero-order valence-corrected chi connectivity index (χ0v) is 9.16. The van der Waals surface area contributed by atoms with Gasteiger partial charge in [-0.15, -0.1) is 0 Å². The fourth-order valence-corrected chi connectivity index (χ4v) is 2.48. The van der Waals surface area contributed by atoms with Crippen molar-refractivity contribution in [1.82, 2.24) is 9.97 Å². The summed E-state index contributed by atoms with van der Waals surface area (Å²) in [6.45, 7) is 0. The van der Waals surface area contributed by atoms with Gasteiger partial charge >= 0.3 is 0 Å². The van der Waals surface area contributed by atoms with Crippen LogP contribution >= 0.6 is 35.0 Å². The minimum atomic E-state index is 0.415. The highest BCUT2D eigenvalue weighted by Gasteiger charge is 2.21. The highest BCUT2D eigenvalue weighted by Crippen LogP contribution is 2.34. The van der Waals surface area contributed by atoms with Gasteiger partial charge in [0.1, 0.15) is 10.3 Å². The molecule has 13 heavy (non-hydrogen) atoms. The van der Waals surface area contributed by atoms with E-state index in [1.54, 1.807) is 17.8 Å². The van der Waals surface area contributed by atoms with Crippen LogP contribution in [0.1, 0.15) is 12.8 Å². The third-order valence-electron chi connectivity index (χ3n) is 1.79. The van der Waals surface area contributed by atoms with Crippen LogP contribution in [0, 0.1) is 5.92 Å². The van der Waals surface area contributed by atoms with Crippen LogP contribution in [0.5, 0.6) is 0 Å². The van der Waals surface area contributed by atoms with Gasteiger partial charge in [-0.3, -0.25) is 0 Å². The molecule has 0 spiro atoms. The first-order valence-corrected chi connectivity index (χ1v) is 5.81. The van der Waals surface area contributed by atoms with Crippen molar-refractivity contribution in [1.29, 1.82) is 0 Å². The first-order chi connectivity index (χ1) is 6.24. The van der Waals surface area contributed by atoms with E-state index in [-0.39, 0.29) is 0 Å². The molecule has 0 unspecified atom stereocenters. The lowest BCUT2D eigenvalue weighted by Gasteiger charge is -1.99. The Morgan fingerprint density at radius 3 is 2.46 bits per heavy atom. The maximum atomic E-state index is 5.73. The van der Waals surface area contributed by atoms with Gasteiger partial charge in [-0.25, -0.2) is 9.97 Å². The molecule has 0 aliphatic heterocycles. The van der Waals surface area contributed by atoms with Crippen LogP contribution in [-0.2, 0) is 0 Å². The molecule has 1 fully saturated rings. The Bertz CT molecular complexity index is 295. The molecule has 0 atom stereocenters. The number of aromatic nitrogens is 2. The normalized spacial score (nSPS) is 16.2. The van der Waals surface area contributed by atoms with Crippen LogP contribution in [0.25, 0.3) is 0 Å². The number of thioether (sulfide) groups is 1. The minimum Gasteiger partial charge on any atom is -0.211 e. The molecule has 1 aliphatic rings. The second-order valence-electron chi connectivity index (χ2n) is 3.05. The molecule has 1 aromatic heterocycles. The SMILES string of the molecule is Clc1cc(Cl)nc(SCC2CC2)n1. The van der Waals surface area contributed by atoms with Crippen molar-refractivity contribution in [2.75, 3.05) is 5.75 Å². The van der Waals surface area contributed by atoms with Gasteiger partial charge in [0.2, 0.25) is 0 Å². The molecule has 70 valence electrons. The van der Waals surface area contributed by atoms with Crippen LogP contribution in [0.3, 0.4) is 0 Å². The summed E-state index contributed by atoms with van der Waals surface area (Å²) in [5.74, 6) is 1.93. The van der Waals surface area contributed by atoms with Gasteiger partial charge in [-0.2, -0.15) is 0 Å². The fourth-order valence-electron chi connectivity index (χ4n) is 0.912. The first-order valence-electron chi connectivity index (χ1n) is 4.07. The van der Waals surface area contributed by atoms with E-state index in [0.29, 0.717) is 15.5 Å². The van der Waals surface area contributed by atoms with Gasteiger partial charge in [0.05, 0.1) is 0 Å². The fraction of sp³-hybridized carbons (Fsp3) is 0.500. The van der Waals surface area contributed by atoms with Crippen molar-refractivity contribution in [2.24, 2.45) is 5.92 Å². The molecule has 1 saturated carbocycles. The van der Waals surface area contributed by atoms with Crippen molar-refractivity contribution in [2.45, 2.75) is 18.0 Å². The Kier molecular flexibility index (Phi) is 2.96. The van der Waals surface area contributed by atoms with Gasteiger partial charge in [0, 0.05) is 11.8 Å². The molecule has 0 radical (unpaired) electrons. The van der Waals surface area contributed by atoms with E-state index in [1.165, 1.54) is 12.8 Å². The van der Waals surface area contributed by atoms with Crippen molar-refractivity contribution < 1.29 is 0 Å². The highest BCUT2D eigenvalue weighted by molar-refractivity contribution is 7.99. The molecule has 1 heterocycles. The van der Waals surface area contributed by atoms with E-state index < -0.39 is 0 Å². The third-order valence-corrected chi connectivity index (χ3v) is 3.25. The molecule has 2 rings (SSSR count). The molecular formula is C8H8Cl2N2S. The molecule has 5 heteroatoms. The summed E-state index contributed by atoms with van der Waals surface area (Å²) >= 11 is 13.1. The van der Waals surface area contributed by atoms with Crippen molar-refractivity contribution in [3.63, 3.8) is 0 Å². The van der Waals surface area contributed by atoms with E-state index >= 15 is 0 Å². The lowest BCUT2D eigenvalue weighted by molar-refractivity contribution is 0.946. The summed E-state index contributed by atoms with van der Waals surface area (Å²) in [4.78, 5) is 8.13. The van der Waals surface area contributed by atoms with Crippen LogP contribution in [0.15, 0.2) is 11.2 Å². The number of hydrogen-bond acceptors (Lipinski definition) is 3. The molecule has 1 aromatic rings. The second-order valence-corrected chi connectivity index (χ2v) is 4.81. The topological polar surface area (TPSA) is 25.8 Å². The second kappa shape index (κ2) is 4.03. The molecule has 2 nitrogen and oxygen atoms in total. The van der Waals surface area contributed by atoms with E-state index in [4.69, 9.17) is 23.2 Å². The van der Waals surface area contributed by atoms with Crippen LogP contribution in [0.2, 0.25) is 10.3 Å². The lowest BCUT2D eigenvalue weighted by atomic mass is 10.5. The average molecular weight is 235 g/mol. The van der Waals surface area contributed by atoms with Crippen LogP contribution < -0.4 is 0 Å². The summed E-state index contributed by atoms with van der Waals surface area (Å²) in [6, 6.07) is 1.55. The standard InChI is InChI=1S/C8H8Cl2N2S/c9-6-3-7(10)12-8(11-6)13-4-5-1-2-5/h3,5H,1-2,4H2. The Morgan fingerprint density at radius 2 is 1.92 bits per heavy atom. The quantitative estimate of drug-likeness (QED) is 0.456. The van der Waals surface area contributed by atoms with Crippen molar-refractivity contribution in [3.05, 3.63) is 16.4 Å². The van der Waals surface area contributed by atoms with Gasteiger partial charge in [-0.1, -0.05) is 35.0 Å². The lowest BCUT2D eigenvalue weighted by Crippen LogP contribution is -1.89. The summed E-state index contributed by atoms with van der Waals surface area (Å²) < 4.78 is 0. The maximum absolute atomic E-state index is 5.73. The first kappa shape index (κ1) is 9.56. The number of nitrogens with zero attached hydrogens (tertiary/aromatic N) is 2. The molecule has 0 N–H and O–H groups in total. The Morgan fingerprint density at radius 1 is 1.31 bits per heavy atom. The zero-order chi connectivity index (χ0) is 9.26. The molecule has 0 bridgehead atoms. The maximum Gasteiger partial charge on any atom is 0.190 e. The molecule has 0 aromatic carbocycles. The third kappa shape index (κ3) is 3.01. The van der Waals surface area contributed by atoms with E-state index in [9.17, 15) is 0 Å². The van der Waals surface area contributed by atoms with Crippen LogP contribution in [-0.4, -0.2) is 15.7 Å². The van der Waals surface area contributed by atoms with Gasteiger partial charge < -0.3 is 0 Å². The highest BCUT2D eigenvalue weighted by atomic mass is 35.5. The number of rotatable bonds is 3. The van der Waals surface area contributed by atoms with E-state index in [2.05, 4.69) is 9.97 Å². The van der Waals surface area contributed by atoms with Crippen molar-refractivity contribution in [3.8, 4) is 0 Å². The minimum absolute atomic E-state index is 0.415. The number of hydrogen-bond donors (Lipinski definition) is 0. The number of halogens is 2. The monoisotopic (exact) mass is 234 g/mol. The molecule has 0 saturated heterocycles. The average Bonchev–Trinajstić information content (AvgIpc) is 2.81. The Labute approximate surface area is 91.1 Å². The summed E-state index contributed by atoms with van der Waals surface area (Å²) in [5, 5.41) is 1.51.